The number of hydrogen-bond acceptors (Lipinski definition) is 6. The summed E-state index contributed by atoms with van der Waals surface area (Å²) < 4.78 is 70.4. The van der Waals surface area contributed by atoms with E-state index in [1.165, 1.54) is 18.2 Å². The van der Waals surface area contributed by atoms with Crippen LogP contribution in [-0.2, 0) is 0 Å². The van der Waals surface area contributed by atoms with Crippen molar-refractivity contribution >= 4 is 30.9 Å². The van der Waals surface area contributed by atoms with Gasteiger partial charge in [0, 0.05) is 6.54 Å². The molecule has 2 aromatic carbocycles. The van der Waals surface area contributed by atoms with Crippen LogP contribution in [0.2, 0.25) is 0 Å². The minimum atomic E-state index is -5.38. The number of nitrogens with one attached hydrogen (secondary N) is 1. The molecule has 1 unspecified atom stereocenters. The number of halogens is 5. The van der Waals surface area contributed by atoms with Gasteiger partial charge in [-0.25, -0.2) is 13.5 Å². The Kier molecular flexibility index (Phi) is 8.42. The van der Waals surface area contributed by atoms with E-state index in [4.69, 9.17) is 13.6 Å². The SMILES string of the molecule is [B]c1cccc(C(=O)N(CCO)CC(O)(CNC(=O)c2cnn(-c3ccc(F)cc3)c2N)C(F)(F)F)c1F. The summed E-state index contributed by atoms with van der Waals surface area (Å²) in [6.07, 6.45) is -4.42. The number of amides is 2. The van der Waals surface area contributed by atoms with Crippen LogP contribution in [0.15, 0.2) is 48.7 Å². The Bertz CT molecular complexity index is 1320. The van der Waals surface area contributed by atoms with Gasteiger partial charge in [-0.1, -0.05) is 17.6 Å². The largest absolute Gasteiger partial charge is 0.420 e. The van der Waals surface area contributed by atoms with Gasteiger partial charge in [0.15, 0.2) is 5.60 Å². The zero-order valence-corrected chi connectivity index (χ0v) is 19.5. The molecule has 3 aromatic rings. The van der Waals surface area contributed by atoms with E-state index in [1.807, 2.05) is 5.32 Å². The van der Waals surface area contributed by atoms with Crippen molar-refractivity contribution in [1.29, 1.82) is 0 Å². The number of anilines is 1. The van der Waals surface area contributed by atoms with Crippen LogP contribution in [0.25, 0.3) is 5.69 Å². The van der Waals surface area contributed by atoms with E-state index in [1.54, 1.807) is 0 Å². The van der Waals surface area contributed by atoms with Gasteiger partial charge in [0.25, 0.3) is 11.8 Å². The molecular weight excluding hydrogens is 516 g/mol. The number of benzene rings is 2. The van der Waals surface area contributed by atoms with Gasteiger partial charge in [-0.3, -0.25) is 9.59 Å². The molecule has 0 spiro atoms. The third kappa shape index (κ3) is 5.94. The first kappa shape index (κ1) is 28.6. The van der Waals surface area contributed by atoms with Crippen molar-refractivity contribution in [2.45, 2.75) is 11.8 Å². The highest BCUT2D eigenvalue weighted by molar-refractivity contribution is 6.32. The molecule has 2 radical (unpaired) electrons. The van der Waals surface area contributed by atoms with Crippen LogP contribution in [0.5, 0.6) is 0 Å². The Labute approximate surface area is 214 Å². The van der Waals surface area contributed by atoms with Gasteiger partial charge < -0.3 is 26.2 Å². The number of aliphatic hydroxyl groups is 2. The first-order chi connectivity index (χ1) is 17.8. The average molecular weight is 537 g/mol. The van der Waals surface area contributed by atoms with Gasteiger partial charge in [0.2, 0.25) is 0 Å². The second-order valence-electron chi connectivity index (χ2n) is 8.20. The topological polar surface area (TPSA) is 134 Å². The predicted octanol–water partition coefficient (Wildman–Crippen LogP) is 0.684. The van der Waals surface area contributed by atoms with E-state index in [9.17, 15) is 41.8 Å². The average Bonchev–Trinajstić information content (AvgIpc) is 3.24. The lowest BCUT2D eigenvalue weighted by atomic mass is 9.93. The molecule has 1 atom stereocenters. The second kappa shape index (κ2) is 11.2. The lowest BCUT2D eigenvalue weighted by molar-refractivity contribution is -0.260. The maximum absolute atomic E-state index is 14.3. The van der Waals surface area contributed by atoms with Gasteiger partial charge in [0.05, 0.1) is 37.1 Å². The molecule has 2 amide bonds. The number of carbonyl (C=O) groups is 2. The van der Waals surface area contributed by atoms with Crippen LogP contribution in [0.1, 0.15) is 20.7 Å². The Morgan fingerprint density at radius 3 is 2.37 bits per heavy atom. The first-order valence-electron chi connectivity index (χ1n) is 10.9. The molecule has 0 saturated heterocycles. The minimum absolute atomic E-state index is 0.265. The third-order valence-electron chi connectivity index (χ3n) is 5.56. The fraction of sp³-hybridized carbons (Fsp3) is 0.261. The Morgan fingerprint density at radius 2 is 1.76 bits per heavy atom. The van der Waals surface area contributed by atoms with Crippen molar-refractivity contribution in [3.05, 3.63) is 71.4 Å². The molecular formula is C23H21BF5N5O4. The zero-order chi connectivity index (χ0) is 28.3. The molecule has 1 aromatic heterocycles. The summed E-state index contributed by atoms with van der Waals surface area (Å²) in [5.74, 6) is -4.42. The summed E-state index contributed by atoms with van der Waals surface area (Å²) in [4.78, 5) is 25.8. The number of aromatic nitrogens is 2. The molecule has 0 fully saturated rings. The standard InChI is InChI=1S/C23H21BF5N5O4/c24-17-3-1-2-15(18(17)26)21(37)33(8-9-35)12-22(38,23(27,28)29)11-31-20(36)16-10-32-34(19(16)30)14-6-4-13(25)5-7-14/h1-7,10,35,38H,8-9,11-12,30H2,(H,31,36). The van der Waals surface area contributed by atoms with Crippen LogP contribution in [0.4, 0.5) is 27.8 Å². The van der Waals surface area contributed by atoms with E-state index < -0.39 is 72.5 Å². The lowest BCUT2D eigenvalue weighted by Gasteiger charge is -2.35. The lowest BCUT2D eigenvalue weighted by Crippen LogP contribution is -2.61. The summed E-state index contributed by atoms with van der Waals surface area (Å²) >= 11 is 0. The number of aliphatic hydroxyl groups excluding tert-OH is 1. The Balaban J connectivity index is 1.82. The Morgan fingerprint density at radius 1 is 1.11 bits per heavy atom. The number of hydrogen-bond donors (Lipinski definition) is 4. The smallest absolute Gasteiger partial charge is 0.395 e. The second-order valence-corrected chi connectivity index (χ2v) is 8.20. The normalized spacial score (nSPS) is 13.1. The van der Waals surface area contributed by atoms with Crippen LogP contribution in [0.3, 0.4) is 0 Å². The number of alkyl halides is 3. The van der Waals surface area contributed by atoms with Gasteiger partial charge in [0.1, 0.15) is 30.9 Å². The summed E-state index contributed by atoms with van der Waals surface area (Å²) in [5.41, 5.74) is 0.984. The van der Waals surface area contributed by atoms with E-state index >= 15 is 0 Å². The molecule has 0 aliphatic heterocycles. The van der Waals surface area contributed by atoms with E-state index in [2.05, 4.69) is 5.10 Å². The number of carbonyl (C=O) groups excluding carboxylic acids is 2. The molecule has 0 aliphatic rings. The molecule has 0 saturated carbocycles. The Hall–Kier alpha value is -3.98. The van der Waals surface area contributed by atoms with Crippen LogP contribution in [-0.4, -0.2) is 82.6 Å². The summed E-state index contributed by atoms with van der Waals surface area (Å²) in [6.45, 7) is -4.41. The van der Waals surface area contributed by atoms with E-state index in [0.29, 0.717) is 4.90 Å². The van der Waals surface area contributed by atoms with Crippen molar-refractivity contribution in [2.75, 3.05) is 32.0 Å². The highest BCUT2D eigenvalue weighted by Crippen LogP contribution is 2.31. The van der Waals surface area contributed by atoms with Crippen molar-refractivity contribution in [1.82, 2.24) is 20.0 Å². The van der Waals surface area contributed by atoms with Gasteiger partial charge in [-0.05, 0) is 30.3 Å². The molecule has 1 heterocycles. The van der Waals surface area contributed by atoms with Crippen LogP contribution < -0.4 is 16.5 Å². The number of nitrogens with two attached hydrogens (primary N) is 1. The van der Waals surface area contributed by atoms with Crippen molar-refractivity contribution in [3.8, 4) is 5.69 Å². The van der Waals surface area contributed by atoms with Crippen molar-refractivity contribution in [3.63, 3.8) is 0 Å². The molecule has 3 rings (SSSR count). The molecule has 9 nitrogen and oxygen atoms in total. The molecule has 5 N–H and O–H groups in total. The number of rotatable bonds is 9. The first-order valence-corrected chi connectivity index (χ1v) is 10.9. The minimum Gasteiger partial charge on any atom is -0.395 e. The summed E-state index contributed by atoms with van der Waals surface area (Å²) in [5, 5.41) is 25.6. The summed E-state index contributed by atoms with van der Waals surface area (Å²) in [7, 11) is 5.42. The third-order valence-corrected chi connectivity index (χ3v) is 5.56. The van der Waals surface area contributed by atoms with Gasteiger partial charge >= 0.3 is 6.18 Å². The molecule has 0 bridgehead atoms. The summed E-state index contributed by atoms with van der Waals surface area (Å²) in [6, 6.07) is 8.14. The van der Waals surface area contributed by atoms with Crippen molar-refractivity contribution in [2.24, 2.45) is 0 Å². The van der Waals surface area contributed by atoms with Crippen molar-refractivity contribution < 1.29 is 41.8 Å². The highest BCUT2D eigenvalue weighted by Gasteiger charge is 2.55. The quantitative estimate of drug-likeness (QED) is 0.235. The monoisotopic (exact) mass is 537 g/mol. The number of nitrogens with zero attached hydrogens (tertiary/aromatic N) is 3. The van der Waals surface area contributed by atoms with Crippen LogP contribution >= 0.6 is 0 Å². The maximum atomic E-state index is 14.3. The predicted molar refractivity (Wildman–Crippen MR) is 126 cm³/mol. The molecule has 15 heteroatoms. The zero-order valence-electron chi connectivity index (χ0n) is 19.5. The molecule has 0 aliphatic carbocycles. The van der Waals surface area contributed by atoms with E-state index in [0.717, 1.165) is 35.1 Å². The van der Waals surface area contributed by atoms with E-state index in [-0.39, 0.29) is 17.1 Å². The highest BCUT2D eigenvalue weighted by atomic mass is 19.4. The molecule has 200 valence electrons. The fourth-order valence-corrected chi connectivity index (χ4v) is 3.46. The van der Waals surface area contributed by atoms with Gasteiger partial charge in [-0.2, -0.15) is 18.3 Å². The maximum Gasteiger partial charge on any atom is 0.420 e. The van der Waals surface area contributed by atoms with Gasteiger partial charge in [-0.15, -0.1) is 0 Å². The fourth-order valence-electron chi connectivity index (χ4n) is 3.46. The molecule has 38 heavy (non-hydrogen) atoms. The van der Waals surface area contributed by atoms with Crippen LogP contribution in [0, 0.1) is 11.6 Å². The number of nitrogen functional groups attached to an aromatic ring is 1.